The zero-order chi connectivity index (χ0) is 7.56. The van der Waals surface area contributed by atoms with Crippen molar-refractivity contribution in [2.24, 2.45) is 0 Å². The van der Waals surface area contributed by atoms with Crippen LogP contribution in [0.5, 0.6) is 0 Å². The highest BCUT2D eigenvalue weighted by atomic mass is 127. The van der Waals surface area contributed by atoms with Crippen molar-refractivity contribution in [2.45, 2.75) is 10.8 Å². The third kappa shape index (κ3) is 2.23. The molecule has 0 nitrogen and oxygen atoms in total. The van der Waals surface area contributed by atoms with E-state index in [1.54, 1.807) is 0 Å². The molecule has 0 amide bonds. The molecule has 0 aliphatic heterocycles. The summed E-state index contributed by atoms with van der Waals surface area (Å²) in [4.78, 5) is 0. The summed E-state index contributed by atoms with van der Waals surface area (Å²) in [5, 5.41) is 0. The summed E-state index contributed by atoms with van der Waals surface area (Å²) in [5.74, 6) is 0. The SMILES string of the molecule is CC(I)c1cccc(Br)c1. The Morgan fingerprint density at radius 2 is 2.20 bits per heavy atom. The fourth-order valence-corrected chi connectivity index (χ4v) is 1.56. The summed E-state index contributed by atoms with van der Waals surface area (Å²) in [6, 6.07) is 8.40. The lowest BCUT2D eigenvalue weighted by atomic mass is 10.2. The predicted octanol–water partition coefficient (Wildman–Crippen LogP) is 3.95. The molecule has 0 fully saturated rings. The van der Waals surface area contributed by atoms with Gasteiger partial charge in [0, 0.05) is 8.40 Å². The minimum Gasteiger partial charge on any atom is -0.0777 e. The second-order valence-corrected chi connectivity index (χ2v) is 4.96. The maximum absolute atomic E-state index is 3.43. The van der Waals surface area contributed by atoms with Crippen molar-refractivity contribution in [3.05, 3.63) is 34.3 Å². The van der Waals surface area contributed by atoms with E-state index in [9.17, 15) is 0 Å². The zero-order valence-corrected chi connectivity index (χ0v) is 9.39. The van der Waals surface area contributed by atoms with Gasteiger partial charge >= 0.3 is 0 Å². The van der Waals surface area contributed by atoms with Crippen molar-refractivity contribution >= 4 is 38.5 Å². The number of alkyl halides is 1. The van der Waals surface area contributed by atoms with Crippen molar-refractivity contribution in [1.82, 2.24) is 0 Å². The maximum atomic E-state index is 3.43. The summed E-state index contributed by atoms with van der Waals surface area (Å²) >= 11 is 5.83. The Morgan fingerprint density at radius 1 is 1.50 bits per heavy atom. The van der Waals surface area contributed by atoms with Crippen LogP contribution >= 0.6 is 38.5 Å². The van der Waals surface area contributed by atoms with Gasteiger partial charge in [-0.15, -0.1) is 0 Å². The Bertz CT molecular complexity index is 220. The second-order valence-electron chi connectivity index (χ2n) is 2.17. The monoisotopic (exact) mass is 310 g/mol. The molecule has 1 atom stereocenters. The number of benzene rings is 1. The Balaban J connectivity index is 2.96. The van der Waals surface area contributed by atoms with Gasteiger partial charge in [-0.3, -0.25) is 0 Å². The topological polar surface area (TPSA) is 0 Å². The predicted molar refractivity (Wildman–Crippen MR) is 56.6 cm³/mol. The lowest BCUT2D eigenvalue weighted by Gasteiger charge is -2.02. The standard InChI is InChI=1S/C8H8BrI/c1-6(10)7-3-2-4-8(9)5-7/h2-6H,1H3. The largest absolute Gasteiger partial charge is 0.0777 e. The molecule has 1 aromatic carbocycles. The molecule has 0 aromatic heterocycles. The van der Waals surface area contributed by atoms with Crippen LogP contribution in [0.4, 0.5) is 0 Å². The smallest absolute Gasteiger partial charge is 0.0331 e. The quantitative estimate of drug-likeness (QED) is 0.544. The van der Waals surface area contributed by atoms with Gasteiger partial charge in [-0.1, -0.05) is 50.7 Å². The summed E-state index contributed by atoms with van der Waals surface area (Å²) in [6.07, 6.45) is 0. The van der Waals surface area contributed by atoms with E-state index in [4.69, 9.17) is 0 Å². The highest BCUT2D eigenvalue weighted by Crippen LogP contribution is 2.24. The van der Waals surface area contributed by atoms with Crippen LogP contribution in [0.15, 0.2) is 28.7 Å². The van der Waals surface area contributed by atoms with Crippen molar-refractivity contribution in [3.63, 3.8) is 0 Å². The molecule has 0 radical (unpaired) electrons. The van der Waals surface area contributed by atoms with Gasteiger partial charge < -0.3 is 0 Å². The molecule has 0 heterocycles. The first-order valence-corrected chi connectivity index (χ1v) is 5.13. The van der Waals surface area contributed by atoms with E-state index in [0.717, 1.165) is 4.47 Å². The van der Waals surface area contributed by atoms with Crippen LogP contribution in [0.3, 0.4) is 0 Å². The van der Waals surface area contributed by atoms with Gasteiger partial charge in [-0.25, -0.2) is 0 Å². The van der Waals surface area contributed by atoms with E-state index >= 15 is 0 Å². The number of rotatable bonds is 1. The molecule has 0 spiro atoms. The first kappa shape index (κ1) is 8.53. The van der Waals surface area contributed by atoms with Crippen LogP contribution in [0.2, 0.25) is 0 Å². The van der Waals surface area contributed by atoms with Crippen molar-refractivity contribution in [2.75, 3.05) is 0 Å². The third-order valence-corrected chi connectivity index (χ3v) is 2.52. The lowest BCUT2D eigenvalue weighted by Crippen LogP contribution is -1.81. The molecule has 2 heteroatoms. The molecular weight excluding hydrogens is 303 g/mol. The summed E-state index contributed by atoms with van der Waals surface area (Å²) < 4.78 is 1.75. The van der Waals surface area contributed by atoms with Crippen LogP contribution in [0, 0.1) is 0 Å². The fourth-order valence-electron chi connectivity index (χ4n) is 0.754. The van der Waals surface area contributed by atoms with Crippen LogP contribution in [-0.2, 0) is 0 Å². The van der Waals surface area contributed by atoms with E-state index < -0.39 is 0 Å². The molecule has 0 N–H and O–H groups in total. The van der Waals surface area contributed by atoms with Gasteiger partial charge in [0.05, 0.1) is 0 Å². The molecule has 0 saturated heterocycles. The molecule has 0 bridgehead atoms. The fraction of sp³-hybridized carbons (Fsp3) is 0.250. The molecule has 0 aliphatic carbocycles. The summed E-state index contributed by atoms with van der Waals surface area (Å²) in [7, 11) is 0. The highest BCUT2D eigenvalue weighted by Gasteiger charge is 1.98. The van der Waals surface area contributed by atoms with Crippen molar-refractivity contribution < 1.29 is 0 Å². The van der Waals surface area contributed by atoms with Gasteiger partial charge in [0.25, 0.3) is 0 Å². The third-order valence-electron chi connectivity index (χ3n) is 1.31. The number of hydrogen-bond donors (Lipinski definition) is 0. The van der Waals surface area contributed by atoms with Crippen LogP contribution in [-0.4, -0.2) is 0 Å². The minimum absolute atomic E-state index is 0.593. The minimum atomic E-state index is 0.593. The number of hydrogen-bond acceptors (Lipinski definition) is 0. The van der Waals surface area contributed by atoms with Crippen molar-refractivity contribution in [1.29, 1.82) is 0 Å². The molecule has 1 rings (SSSR count). The van der Waals surface area contributed by atoms with Gasteiger partial charge in [-0.05, 0) is 24.6 Å². The Labute approximate surface area is 83.3 Å². The van der Waals surface area contributed by atoms with Gasteiger partial charge in [0.2, 0.25) is 0 Å². The van der Waals surface area contributed by atoms with E-state index in [2.05, 4.69) is 63.6 Å². The molecule has 0 saturated carbocycles. The van der Waals surface area contributed by atoms with Crippen LogP contribution in [0.1, 0.15) is 16.4 Å². The Hall–Kier alpha value is 0.430. The highest BCUT2D eigenvalue weighted by molar-refractivity contribution is 14.1. The first-order chi connectivity index (χ1) is 4.70. The van der Waals surface area contributed by atoms with Crippen LogP contribution < -0.4 is 0 Å². The van der Waals surface area contributed by atoms with Crippen molar-refractivity contribution in [3.8, 4) is 0 Å². The molecule has 1 unspecified atom stereocenters. The maximum Gasteiger partial charge on any atom is 0.0331 e. The van der Waals surface area contributed by atoms with Gasteiger partial charge in [0.1, 0.15) is 0 Å². The summed E-state index contributed by atoms with van der Waals surface area (Å²) in [6.45, 7) is 2.18. The lowest BCUT2D eigenvalue weighted by molar-refractivity contribution is 1.14. The molecule has 10 heavy (non-hydrogen) atoms. The van der Waals surface area contributed by atoms with E-state index in [0.29, 0.717) is 3.92 Å². The van der Waals surface area contributed by atoms with E-state index in [-0.39, 0.29) is 0 Å². The average Bonchev–Trinajstić information content (AvgIpc) is 1.88. The van der Waals surface area contributed by atoms with Gasteiger partial charge in [0.15, 0.2) is 0 Å². The first-order valence-electron chi connectivity index (χ1n) is 3.09. The number of halogens is 2. The van der Waals surface area contributed by atoms with Crippen LogP contribution in [0.25, 0.3) is 0 Å². The van der Waals surface area contributed by atoms with E-state index in [1.807, 2.05) is 6.07 Å². The summed E-state index contributed by atoms with van der Waals surface area (Å²) in [5.41, 5.74) is 1.37. The molecule has 1 aromatic rings. The van der Waals surface area contributed by atoms with Gasteiger partial charge in [-0.2, -0.15) is 0 Å². The Kier molecular flexibility index (Phi) is 3.17. The molecule has 0 aliphatic rings. The normalized spacial score (nSPS) is 13.1. The molecular formula is C8H8BrI. The zero-order valence-electron chi connectivity index (χ0n) is 5.64. The second kappa shape index (κ2) is 3.72. The van der Waals surface area contributed by atoms with E-state index in [1.165, 1.54) is 5.56 Å². The average molecular weight is 311 g/mol. The molecule has 54 valence electrons. The Morgan fingerprint density at radius 3 is 2.60 bits per heavy atom.